The van der Waals surface area contributed by atoms with Crippen LogP contribution in [0.2, 0.25) is 0 Å². The van der Waals surface area contributed by atoms with Crippen LogP contribution in [-0.4, -0.2) is 72.4 Å². The lowest BCUT2D eigenvalue weighted by molar-refractivity contribution is -0.136. The average Bonchev–Trinajstić information content (AvgIpc) is 3.57. The van der Waals surface area contributed by atoms with Gasteiger partial charge in [-0.3, -0.25) is 9.59 Å². The third-order valence-electron chi connectivity index (χ3n) is 7.16. The Morgan fingerprint density at radius 1 is 1.17 bits per heavy atom. The number of amides is 2. The Bertz CT molecular complexity index is 1140. The van der Waals surface area contributed by atoms with Crippen molar-refractivity contribution in [1.82, 2.24) is 15.0 Å². The van der Waals surface area contributed by atoms with Crippen LogP contribution >= 0.6 is 0 Å². The molecule has 0 N–H and O–H groups in total. The van der Waals surface area contributed by atoms with E-state index in [9.17, 15) is 9.59 Å². The van der Waals surface area contributed by atoms with Gasteiger partial charge in [-0.1, -0.05) is 35.5 Å². The van der Waals surface area contributed by atoms with E-state index >= 15 is 0 Å². The molecule has 1 aliphatic carbocycles. The van der Waals surface area contributed by atoms with E-state index in [1.165, 1.54) is 0 Å². The highest BCUT2D eigenvalue weighted by Gasteiger charge is 2.38. The van der Waals surface area contributed by atoms with Crippen molar-refractivity contribution in [2.75, 3.05) is 38.3 Å². The number of methoxy groups -OCH3 is 1. The Labute approximate surface area is 210 Å². The number of hydrogen-bond acceptors (Lipinski definition) is 7. The lowest BCUT2D eigenvalue weighted by Crippen LogP contribution is -2.42. The number of anilines is 1. The number of aromatic nitrogens is 2. The Morgan fingerprint density at radius 2 is 1.94 bits per heavy atom. The molecule has 190 valence electrons. The molecule has 3 aliphatic rings. The highest BCUT2D eigenvalue weighted by molar-refractivity contribution is 6.00. The Balaban J connectivity index is 1.17. The topological polar surface area (TPSA) is 98.0 Å². The first kappa shape index (κ1) is 24.4. The summed E-state index contributed by atoms with van der Waals surface area (Å²) in [7, 11) is 1.65. The first-order valence-electron chi connectivity index (χ1n) is 12.6. The molecule has 36 heavy (non-hydrogen) atoms. The molecule has 3 heterocycles. The van der Waals surface area contributed by atoms with Crippen molar-refractivity contribution >= 4 is 23.1 Å². The number of para-hydroxylation sites is 1. The van der Waals surface area contributed by atoms with E-state index in [4.69, 9.17) is 14.0 Å². The third-order valence-corrected chi connectivity index (χ3v) is 7.16. The molecule has 2 amide bonds. The molecule has 0 saturated carbocycles. The van der Waals surface area contributed by atoms with Crippen LogP contribution in [-0.2, 0) is 19.1 Å². The van der Waals surface area contributed by atoms with Crippen LogP contribution in [0.25, 0.3) is 5.57 Å². The maximum Gasteiger partial charge on any atom is 0.230 e. The fraction of sp³-hybridized carbons (Fsp3) is 0.481. The predicted molar refractivity (Wildman–Crippen MR) is 133 cm³/mol. The van der Waals surface area contributed by atoms with Crippen molar-refractivity contribution in [3.8, 4) is 0 Å². The zero-order chi connectivity index (χ0) is 25.1. The van der Waals surface area contributed by atoms with Crippen LogP contribution in [0.15, 0.2) is 53.1 Å². The molecule has 2 saturated heterocycles. The molecule has 0 bridgehead atoms. The SMILES string of the molecule is CCOC1C=CC(c2noc(C3CCN(C(=O)C4CC(=O)N(c5ccccc5)C4)CC3)n2)=CC1OC. The molecule has 2 aromatic rings. The minimum atomic E-state index is -0.302. The van der Waals surface area contributed by atoms with Crippen LogP contribution in [0.4, 0.5) is 5.69 Å². The molecule has 2 aliphatic heterocycles. The monoisotopic (exact) mass is 492 g/mol. The maximum absolute atomic E-state index is 13.2. The summed E-state index contributed by atoms with van der Waals surface area (Å²) < 4.78 is 16.9. The lowest BCUT2D eigenvalue weighted by atomic mass is 9.95. The zero-order valence-electron chi connectivity index (χ0n) is 20.7. The summed E-state index contributed by atoms with van der Waals surface area (Å²) in [6.07, 6.45) is 7.27. The Kier molecular flexibility index (Phi) is 7.29. The van der Waals surface area contributed by atoms with Crippen molar-refractivity contribution in [3.63, 3.8) is 0 Å². The fourth-order valence-electron chi connectivity index (χ4n) is 5.18. The standard InChI is InChI=1S/C27H32N4O5/c1-3-35-22-10-9-19(15-23(22)34-2)25-28-26(36-29-25)18-11-13-30(14-12-18)27(33)20-16-24(32)31(17-20)21-7-5-4-6-8-21/h4-10,15,18,20,22-23H,3,11-14,16-17H2,1-2H3. The van der Waals surface area contributed by atoms with E-state index in [1.807, 2.05) is 60.4 Å². The first-order chi connectivity index (χ1) is 17.6. The number of ether oxygens (including phenoxy) is 2. The Hall–Kier alpha value is -3.30. The van der Waals surface area contributed by atoms with E-state index in [-0.39, 0.29) is 42.3 Å². The lowest BCUT2D eigenvalue weighted by Gasteiger charge is -2.32. The van der Waals surface area contributed by atoms with E-state index in [0.29, 0.717) is 38.0 Å². The molecule has 9 heteroatoms. The molecule has 0 radical (unpaired) electrons. The van der Waals surface area contributed by atoms with E-state index in [2.05, 4.69) is 10.1 Å². The zero-order valence-corrected chi connectivity index (χ0v) is 20.7. The van der Waals surface area contributed by atoms with Gasteiger partial charge in [0.15, 0.2) is 0 Å². The van der Waals surface area contributed by atoms with Gasteiger partial charge in [-0.25, -0.2) is 0 Å². The van der Waals surface area contributed by atoms with Crippen molar-refractivity contribution in [2.24, 2.45) is 5.92 Å². The minimum Gasteiger partial charge on any atom is -0.374 e. The van der Waals surface area contributed by atoms with Gasteiger partial charge in [0, 0.05) is 57.0 Å². The van der Waals surface area contributed by atoms with Gasteiger partial charge in [0.1, 0.15) is 12.2 Å². The second kappa shape index (κ2) is 10.8. The van der Waals surface area contributed by atoms with Gasteiger partial charge >= 0.3 is 0 Å². The van der Waals surface area contributed by atoms with Crippen LogP contribution in [0, 0.1) is 5.92 Å². The number of allylic oxidation sites excluding steroid dienone is 2. The van der Waals surface area contributed by atoms with Crippen LogP contribution in [0.1, 0.15) is 43.8 Å². The smallest absolute Gasteiger partial charge is 0.230 e. The van der Waals surface area contributed by atoms with Crippen LogP contribution < -0.4 is 4.90 Å². The highest BCUT2D eigenvalue weighted by Crippen LogP contribution is 2.32. The first-order valence-corrected chi connectivity index (χ1v) is 12.6. The fourth-order valence-corrected chi connectivity index (χ4v) is 5.18. The molecule has 5 rings (SSSR count). The van der Waals surface area contributed by atoms with E-state index < -0.39 is 0 Å². The molecule has 3 unspecified atom stereocenters. The van der Waals surface area contributed by atoms with Gasteiger partial charge < -0.3 is 23.8 Å². The summed E-state index contributed by atoms with van der Waals surface area (Å²) in [4.78, 5) is 33.9. The third kappa shape index (κ3) is 4.99. The normalized spacial score (nSPS) is 24.9. The predicted octanol–water partition coefficient (Wildman–Crippen LogP) is 3.20. The van der Waals surface area contributed by atoms with Gasteiger partial charge in [-0.05, 0) is 38.0 Å². The minimum absolute atomic E-state index is 0.00202. The van der Waals surface area contributed by atoms with Crippen molar-refractivity contribution in [1.29, 1.82) is 0 Å². The van der Waals surface area contributed by atoms with Gasteiger partial charge in [0.25, 0.3) is 0 Å². The molecule has 0 spiro atoms. The second-order valence-corrected chi connectivity index (χ2v) is 9.40. The molecule has 9 nitrogen and oxygen atoms in total. The number of likely N-dealkylation sites (tertiary alicyclic amines) is 1. The number of rotatable bonds is 7. The molecule has 2 fully saturated rings. The summed E-state index contributed by atoms with van der Waals surface area (Å²) in [5, 5.41) is 4.19. The molecular weight excluding hydrogens is 460 g/mol. The quantitative estimate of drug-likeness (QED) is 0.585. The second-order valence-electron chi connectivity index (χ2n) is 9.40. The summed E-state index contributed by atoms with van der Waals surface area (Å²) in [6, 6.07) is 9.53. The van der Waals surface area contributed by atoms with Crippen molar-refractivity contribution in [3.05, 3.63) is 60.3 Å². The number of hydrogen-bond donors (Lipinski definition) is 0. The summed E-state index contributed by atoms with van der Waals surface area (Å²) in [6.45, 7) is 4.22. The maximum atomic E-state index is 13.2. The number of benzene rings is 1. The van der Waals surface area contributed by atoms with Crippen molar-refractivity contribution < 1.29 is 23.6 Å². The van der Waals surface area contributed by atoms with Crippen LogP contribution in [0.3, 0.4) is 0 Å². The molecule has 3 atom stereocenters. The van der Waals surface area contributed by atoms with E-state index in [0.717, 1.165) is 24.1 Å². The van der Waals surface area contributed by atoms with Gasteiger partial charge in [-0.2, -0.15) is 4.98 Å². The van der Waals surface area contributed by atoms with Crippen molar-refractivity contribution in [2.45, 2.75) is 44.3 Å². The largest absolute Gasteiger partial charge is 0.374 e. The van der Waals surface area contributed by atoms with Gasteiger partial charge in [0.2, 0.25) is 23.5 Å². The van der Waals surface area contributed by atoms with Gasteiger partial charge in [-0.15, -0.1) is 0 Å². The summed E-state index contributed by atoms with van der Waals surface area (Å²) in [5.74, 6) is 0.980. The highest BCUT2D eigenvalue weighted by atomic mass is 16.5. The number of nitrogens with zero attached hydrogens (tertiary/aromatic N) is 4. The number of piperidine rings is 1. The summed E-state index contributed by atoms with van der Waals surface area (Å²) >= 11 is 0. The number of carbonyl (C=O) groups excluding carboxylic acids is 2. The van der Waals surface area contributed by atoms with E-state index in [1.54, 1.807) is 12.0 Å². The molecule has 1 aromatic carbocycles. The Morgan fingerprint density at radius 3 is 2.67 bits per heavy atom. The molecular formula is C27H32N4O5. The summed E-state index contributed by atoms with van der Waals surface area (Å²) in [5.41, 5.74) is 1.69. The van der Waals surface area contributed by atoms with Crippen LogP contribution in [0.5, 0.6) is 0 Å². The molecule has 1 aromatic heterocycles. The average molecular weight is 493 g/mol. The van der Waals surface area contributed by atoms with Gasteiger partial charge in [0.05, 0.1) is 5.92 Å². The number of carbonyl (C=O) groups is 2.